The fraction of sp³-hybridized carbons (Fsp3) is 0.945. The van der Waals surface area contributed by atoms with Crippen LogP contribution < -0.4 is 0 Å². The van der Waals surface area contributed by atoms with Gasteiger partial charge in [0.25, 0.3) is 0 Å². The van der Waals surface area contributed by atoms with Gasteiger partial charge in [0.2, 0.25) is 0 Å². The maximum absolute atomic E-state index is 12.0. The number of carbonyl (C=O) groups excluding carboxylic acids is 3. The van der Waals surface area contributed by atoms with Crippen molar-refractivity contribution in [1.29, 1.82) is 0 Å². The van der Waals surface area contributed by atoms with Gasteiger partial charge in [-0.05, 0) is 153 Å². The van der Waals surface area contributed by atoms with E-state index in [1.807, 2.05) is 6.08 Å². The van der Waals surface area contributed by atoms with Gasteiger partial charge in [0.15, 0.2) is 0 Å². The van der Waals surface area contributed by atoms with Gasteiger partial charge < -0.3 is 0 Å². The van der Waals surface area contributed by atoms with Crippen LogP contribution in [0.1, 0.15) is 443 Å². The van der Waals surface area contributed by atoms with Crippen LogP contribution in [0.25, 0.3) is 0 Å². The van der Waals surface area contributed by atoms with Crippen LogP contribution in [0.2, 0.25) is 0 Å². The molecule has 0 aromatic rings. The molecule has 0 heterocycles. The SMILES string of the molecule is C1CC2CCCC3CCCC3CCCC2C1.C1CCC(CCCC2CCCC2)C1.C1CCC2CCCC2C1.C1CCC2CCCC2C1.C1CCCC1.C1CCCC1.C1CCCC1.O=C1C2CCCCC2C2CCCC12.O=C1CCCC2CCCC12.O=CC=CC1CCCC1.[Fe].[Fe].[Fe].[Fe].[Fe].[Fe]. The zero-order valence-corrected chi connectivity index (χ0v) is 71.3. The Morgan fingerprint density at radius 3 is 0.820 bits per heavy atom. The molecule has 0 aromatic heterocycles. The summed E-state index contributed by atoms with van der Waals surface area (Å²) in [6, 6.07) is 0. The molecule has 0 N–H and O–H groups in total. The molecule has 18 aliphatic rings. The summed E-state index contributed by atoms with van der Waals surface area (Å²) in [4.78, 5) is 33.2. The Balaban J connectivity index is 0.000000292. The molecule has 0 saturated heterocycles. The molecule has 0 bridgehead atoms. The van der Waals surface area contributed by atoms with E-state index < -0.39 is 0 Å². The third-order valence-electron chi connectivity index (χ3n) is 29.9. The molecular formula is C91H158Fe6O3. The minimum atomic E-state index is 0. The minimum Gasteiger partial charge on any atom is -0.299 e. The molecule has 588 valence electrons. The molecule has 0 amide bonds. The number of fused-ring (bicyclic) bond motifs is 8. The number of ketones is 2. The van der Waals surface area contributed by atoms with Gasteiger partial charge >= 0.3 is 0 Å². The van der Waals surface area contributed by atoms with Gasteiger partial charge in [-0.1, -0.05) is 378 Å². The fourth-order valence-electron chi connectivity index (χ4n) is 24.4. The summed E-state index contributed by atoms with van der Waals surface area (Å²) in [5.41, 5.74) is 0. The zero-order valence-electron chi connectivity index (χ0n) is 64.7. The van der Waals surface area contributed by atoms with E-state index in [4.69, 9.17) is 0 Å². The number of allylic oxidation sites excluding steroid dienone is 2. The molecule has 18 aliphatic carbocycles. The number of hydrogen-bond acceptors (Lipinski definition) is 3. The molecule has 0 spiro atoms. The van der Waals surface area contributed by atoms with Gasteiger partial charge in [0.05, 0.1) is 0 Å². The summed E-state index contributed by atoms with van der Waals surface area (Å²) in [7, 11) is 0. The number of Topliss-reactive ketones (excluding diaryl/α,β-unsaturated/α-hetero) is 2. The van der Waals surface area contributed by atoms with Crippen LogP contribution in [0, 0.1) is 101 Å². The van der Waals surface area contributed by atoms with E-state index in [9.17, 15) is 14.4 Å². The predicted molar refractivity (Wildman–Crippen MR) is 403 cm³/mol. The molecule has 0 aliphatic heterocycles. The second kappa shape index (κ2) is 58.7. The molecule has 9 heteroatoms. The molecule has 0 aromatic carbocycles. The normalized spacial score (nSPS) is 34.1. The Morgan fingerprint density at radius 1 is 0.240 bits per heavy atom. The molecule has 10 atom stereocenters. The molecular weight excluding hydrogens is 1480 g/mol. The topological polar surface area (TPSA) is 51.2 Å². The maximum Gasteiger partial charge on any atom is 0.142 e. The largest absolute Gasteiger partial charge is 0.299 e. The molecule has 3 nitrogen and oxygen atoms in total. The third kappa shape index (κ3) is 35.1. The van der Waals surface area contributed by atoms with E-state index >= 15 is 0 Å². The van der Waals surface area contributed by atoms with E-state index in [-0.39, 0.29) is 102 Å². The van der Waals surface area contributed by atoms with Gasteiger partial charge in [0, 0.05) is 127 Å². The Labute approximate surface area is 684 Å². The summed E-state index contributed by atoms with van der Waals surface area (Å²) in [6.07, 6.45) is 106. The number of aldehydes is 1. The van der Waals surface area contributed by atoms with Crippen molar-refractivity contribution >= 4 is 17.9 Å². The summed E-state index contributed by atoms with van der Waals surface area (Å²) in [5, 5.41) is 0. The van der Waals surface area contributed by atoms with Gasteiger partial charge in [-0.15, -0.1) is 0 Å². The van der Waals surface area contributed by atoms with Crippen LogP contribution >= 0.6 is 0 Å². The first-order valence-corrected chi connectivity index (χ1v) is 44.7. The standard InChI is InChI=1S/C16H28.C13H24.C12H18O.C9H14O.2C9H16.C8H12O.3C5H10.6Fe/c1-5-13-9-3-11-15-7-2-8-16(15)12-4-10-14(13)6-1;1-2-7-12(6-1)10-5-11-13-8-3-4-9-13;13-12-10-5-2-1-4-8(10)9-6-3-7-11(9)12;10-9-6-2-4-7-3-1-5-8(7)9;2*1-2-5-9-7-3-6-8(9)4-1;9-7-3-6-8-4-1-2-5-8;3*1-2-4-5-3-1;;;;;;/h13-16H,1-12H2;12-13H,1-11H2;8-11H,1-7H2;7-8H,1-6H2;2*8-9H,1-7H2;3,6-8H,1-2,4-5H2;3*1-5H2;;;;;;. The van der Waals surface area contributed by atoms with Crippen molar-refractivity contribution in [3.05, 3.63) is 12.2 Å². The van der Waals surface area contributed by atoms with Crippen molar-refractivity contribution in [2.24, 2.45) is 101 Å². The quantitative estimate of drug-likeness (QED) is 0.151. The second-order valence-electron chi connectivity index (χ2n) is 36.2. The van der Waals surface area contributed by atoms with Gasteiger partial charge in [-0.2, -0.15) is 0 Å². The van der Waals surface area contributed by atoms with Gasteiger partial charge in [0.1, 0.15) is 17.9 Å². The van der Waals surface area contributed by atoms with E-state index in [0.29, 0.717) is 35.2 Å². The third-order valence-corrected chi connectivity index (χ3v) is 29.9. The van der Waals surface area contributed by atoms with Crippen LogP contribution in [-0.4, -0.2) is 17.9 Å². The predicted octanol–water partition coefficient (Wildman–Crippen LogP) is 28.4. The first-order chi connectivity index (χ1) is 46.5. The average molecular weight is 1640 g/mol. The van der Waals surface area contributed by atoms with Crippen LogP contribution in [0.15, 0.2) is 12.2 Å². The first kappa shape index (κ1) is 96.1. The summed E-state index contributed by atoms with van der Waals surface area (Å²) in [5.74, 6) is 17.3. The summed E-state index contributed by atoms with van der Waals surface area (Å²) < 4.78 is 0. The molecule has 18 fully saturated rings. The smallest absolute Gasteiger partial charge is 0.142 e. The first-order valence-electron chi connectivity index (χ1n) is 44.7. The number of hydrogen-bond donors (Lipinski definition) is 0. The average Bonchev–Trinajstić information content (AvgIpc) is 1.62. The van der Waals surface area contributed by atoms with Crippen molar-refractivity contribution in [3.8, 4) is 0 Å². The van der Waals surface area contributed by atoms with Crippen molar-refractivity contribution in [1.82, 2.24) is 0 Å². The van der Waals surface area contributed by atoms with E-state index in [1.54, 1.807) is 173 Å². The molecule has 0 radical (unpaired) electrons. The van der Waals surface area contributed by atoms with Crippen molar-refractivity contribution in [2.45, 2.75) is 443 Å². The fourth-order valence-corrected chi connectivity index (χ4v) is 24.4. The molecule has 10 unspecified atom stereocenters. The maximum atomic E-state index is 12.0. The van der Waals surface area contributed by atoms with E-state index in [1.165, 1.54) is 293 Å². The van der Waals surface area contributed by atoms with E-state index in [0.717, 1.165) is 66.0 Å². The van der Waals surface area contributed by atoms with Crippen LogP contribution in [0.3, 0.4) is 0 Å². The van der Waals surface area contributed by atoms with Gasteiger partial charge in [-0.25, -0.2) is 0 Å². The van der Waals surface area contributed by atoms with Crippen LogP contribution in [0.4, 0.5) is 0 Å². The zero-order chi connectivity index (χ0) is 64.9. The monoisotopic (exact) mass is 1630 g/mol. The number of carbonyl (C=O) groups is 3. The van der Waals surface area contributed by atoms with Crippen molar-refractivity contribution < 1.29 is 117 Å². The second-order valence-corrected chi connectivity index (χ2v) is 36.2. The van der Waals surface area contributed by atoms with Crippen LogP contribution in [0.5, 0.6) is 0 Å². The Hall–Kier alpha value is 1.87. The molecule has 18 rings (SSSR count). The molecule has 100 heavy (non-hydrogen) atoms. The van der Waals surface area contributed by atoms with Crippen molar-refractivity contribution in [3.63, 3.8) is 0 Å². The van der Waals surface area contributed by atoms with E-state index in [2.05, 4.69) is 0 Å². The van der Waals surface area contributed by atoms with Gasteiger partial charge in [-0.3, -0.25) is 14.4 Å². The number of rotatable bonds is 6. The summed E-state index contributed by atoms with van der Waals surface area (Å²) >= 11 is 0. The van der Waals surface area contributed by atoms with Crippen molar-refractivity contribution in [2.75, 3.05) is 0 Å². The Bertz CT molecular complexity index is 1850. The Kier molecular flexibility index (Phi) is 56.4. The Morgan fingerprint density at radius 2 is 0.480 bits per heavy atom. The van der Waals surface area contributed by atoms with Crippen LogP contribution in [-0.2, 0) is 117 Å². The summed E-state index contributed by atoms with van der Waals surface area (Å²) in [6.45, 7) is 0. The molecule has 18 saturated carbocycles. The minimum absolute atomic E-state index is 0.